The van der Waals surface area contributed by atoms with E-state index < -0.39 is 11.6 Å². The first-order valence-corrected chi connectivity index (χ1v) is 9.37. The van der Waals surface area contributed by atoms with Gasteiger partial charge in [-0.15, -0.1) is 11.3 Å². The average molecular weight is 362 g/mol. The first-order chi connectivity index (χ1) is 12.2. The normalized spacial score (nSPS) is 17.9. The third-order valence-electron chi connectivity index (χ3n) is 4.64. The monoisotopic (exact) mass is 362 g/mol. The zero-order chi connectivity index (χ0) is 17.4. The molecule has 3 heterocycles. The first kappa shape index (κ1) is 16.5. The van der Waals surface area contributed by atoms with Crippen LogP contribution in [0.4, 0.5) is 19.5 Å². The molecule has 2 aromatic rings. The number of halogens is 2. The molecule has 1 aromatic heterocycles. The quantitative estimate of drug-likeness (QED) is 0.899. The largest absolute Gasteiger partial charge is 0.340 e. The van der Waals surface area contributed by atoms with Crippen LogP contribution in [-0.4, -0.2) is 43.1 Å². The molecule has 0 saturated carbocycles. The number of amidine groups is 1. The van der Waals surface area contributed by atoms with E-state index in [-0.39, 0.29) is 0 Å². The van der Waals surface area contributed by atoms with Crippen LogP contribution < -0.4 is 10.2 Å². The number of aliphatic imine (C=N–C) groups is 1. The van der Waals surface area contributed by atoms with Gasteiger partial charge >= 0.3 is 0 Å². The summed E-state index contributed by atoms with van der Waals surface area (Å²) in [5.74, 6) is -0.998. The van der Waals surface area contributed by atoms with Crippen LogP contribution in [0.1, 0.15) is 18.9 Å². The van der Waals surface area contributed by atoms with Crippen molar-refractivity contribution in [2.24, 2.45) is 4.99 Å². The Bertz CT molecular complexity index is 798. The predicted octanol–water partition coefficient (Wildman–Crippen LogP) is 3.76. The third-order valence-corrected chi connectivity index (χ3v) is 5.59. The van der Waals surface area contributed by atoms with Gasteiger partial charge in [0, 0.05) is 24.8 Å². The van der Waals surface area contributed by atoms with Crippen molar-refractivity contribution < 1.29 is 8.78 Å². The molecule has 0 amide bonds. The molecule has 4 rings (SSSR count). The Kier molecular flexibility index (Phi) is 4.43. The second-order valence-electron chi connectivity index (χ2n) is 6.42. The van der Waals surface area contributed by atoms with Gasteiger partial charge in [-0.25, -0.2) is 13.8 Å². The van der Waals surface area contributed by atoms with Crippen LogP contribution in [-0.2, 0) is 0 Å². The molecule has 2 aliphatic rings. The number of hydrogen-bond acceptors (Lipinski definition) is 5. The van der Waals surface area contributed by atoms with Crippen LogP contribution in [0.25, 0.3) is 0 Å². The lowest BCUT2D eigenvalue weighted by Crippen LogP contribution is -2.60. The Morgan fingerprint density at radius 1 is 1.24 bits per heavy atom. The van der Waals surface area contributed by atoms with E-state index in [0.29, 0.717) is 24.2 Å². The molecule has 7 heteroatoms. The standard InChI is InChI=1S/C18H20F2N4S/c1-2-6-23-9-13(10-23)24-11-21-17(14-5-7-25-18(14)24)22-12-3-4-15(19)16(20)8-12/h3-5,7-8,13H,2,6,9-11H2,1H3,(H,21,22). The molecule has 25 heavy (non-hydrogen) atoms. The van der Waals surface area contributed by atoms with E-state index in [4.69, 9.17) is 0 Å². The van der Waals surface area contributed by atoms with Crippen molar-refractivity contribution in [3.63, 3.8) is 0 Å². The smallest absolute Gasteiger partial charge is 0.160 e. The van der Waals surface area contributed by atoms with Gasteiger partial charge < -0.3 is 10.2 Å². The minimum absolute atomic E-state index is 0.498. The van der Waals surface area contributed by atoms with E-state index in [1.165, 1.54) is 17.5 Å². The maximum absolute atomic E-state index is 13.4. The van der Waals surface area contributed by atoms with Crippen molar-refractivity contribution in [2.45, 2.75) is 19.4 Å². The molecule has 4 nitrogen and oxygen atoms in total. The van der Waals surface area contributed by atoms with Crippen LogP contribution in [0.15, 0.2) is 34.6 Å². The SMILES string of the molecule is CCCN1CC(N2CN=C(Nc3ccc(F)c(F)c3)c3ccsc32)C1. The minimum atomic E-state index is -0.862. The lowest BCUT2D eigenvalue weighted by Gasteiger charge is -2.46. The number of nitrogens with zero attached hydrogens (tertiary/aromatic N) is 3. The van der Waals surface area contributed by atoms with Gasteiger partial charge in [-0.05, 0) is 36.5 Å². The fourth-order valence-electron chi connectivity index (χ4n) is 3.34. The van der Waals surface area contributed by atoms with Crippen molar-refractivity contribution in [1.29, 1.82) is 0 Å². The van der Waals surface area contributed by atoms with E-state index >= 15 is 0 Å². The highest BCUT2D eigenvalue weighted by Crippen LogP contribution is 2.35. The molecule has 0 bridgehead atoms. The minimum Gasteiger partial charge on any atom is -0.340 e. The molecule has 0 unspecified atom stereocenters. The van der Waals surface area contributed by atoms with E-state index in [0.717, 1.165) is 37.3 Å². The van der Waals surface area contributed by atoms with Gasteiger partial charge in [0.1, 0.15) is 17.5 Å². The molecule has 132 valence electrons. The Hall–Kier alpha value is -1.99. The Balaban J connectivity index is 1.50. The number of hydrogen-bond donors (Lipinski definition) is 1. The molecule has 1 fully saturated rings. The van der Waals surface area contributed by atoms with Gasteiger partial charge in [0.15, 0.2) is 11.6 Å². The van der Waals surface area contributed by atoms with Crippen LogP contribution in [0, 0.1) is 11.6 Å². The van der Waals surface area contributed by atoms with Crippen molar-refractivity contribution in [2.75, 3.05) is 36.5 Å². The zero-order valence-corrected chi connectivity index (χ0v) is 14.8. The highest BCUT2D eigenvalue weighted by molar-refractivity contribution is 7.14. The zero-order valence-electron chi connectivity index (χ0n) is 14.0. The van der Waals surface area contributed by atoms with Crippen LogP contribution in [0.3, 0.4) is 0 Å². The lowest BCUT2D eigenvalue weighted by atomic mass is 10.1. The number of rotatable bonds is 4. The second kappa shape index (κ2) is 6.72. The average Bonchev–Trinajstić information content (AvgIpc) is 3.05. The van der Waals surface area contributed by atoms with Crippen molar-refractivity contribution in [3.8, 4) is 0 Å². The fourth-order valence-corrected chi connectivity index (χ4v) is 4.30. The highest BCUT2D eigenvalue weighted by atomic mass is 32.1. The lowest BCUT2D eigenvalue weighted by molar-refractivity contribution is 0.145. The van der Waals surface area contributed by atoms with Gasteiger partial charge in [0.2, 0.25) is 0 Å². The summed E-state index contributed by atoms with van der Waals surface area (Å²) < 4.78 is 26.5. The molecule has 0 radical (unpaired) electrons. The van der Waals surface area contributed by atoms with E-state index in [9.17, 15) is 8.78 Å². The Labute approximate surface area is 149 Å². The van der Waals surface area contributed by atoms with Crippen molar-refractivity contribution >= 4 is 27.9 Å². The van der Waals surface area contributed by atoms with Gasteiger partial charge in [-0.2, -0.15) is 0 Å². The number of likely N-dealkylation sites (tertiary alicyclic amines) is 1. The number of fused-ring (bicyclic) bond motifs is 1. The van der Waals surface area contributed by atoms with E-state index in [2.05, 4.69) is 27.0 Å². The summed E-state index contributed by atoms with van der Waals surface area (Å²) in [4.78, 5) is 9.45. The molecule has 0 aliphatic carbocycles. The number of thiophene rings is 1. The first-order valence-electron chi connectivity index (χ1n) is 8.49. The number of benzene rings is 1. The topological polar surface area (TPSA) is 30.9 Å². The van der Waals surface area contributed by atoms with Crippen LogP contribution in [0.5, 0.6) is 0 Å². The maximum Gasteiger partial charge on any atom is 0.160 e. The van der Waals surface area contributed by atoms with Gasteiger partial charge in [-0.1, -0.05) is 6.92 Å². The summed E-state index contributed by atoms with van der Waals surface area (Å²) in [7, 11) is 0. The highest BCUT2D eigenvalue weighted by Gasteiger charge is 2.34. The number of anilines is 2. The van der Waals surface area contributed by atoms with E-state index in [1.807, 2.05) is 11.4 Å². The van der Waals surface area contributed by atoms with Crippen LogP contribution in [0.2, 0.25) is 0 Å². The Morgan fingerprint density at radius 2 is 2.08 bits per heavy atom. The summed E-state index contributed by atoms with van der Waals surface area (Å²) in [5, 5.41) is 6.37. The molecule has 1 N–H and O–H groups in total. The second-order valence-corrected chi connectivity index (χ2v) is 7.32. The van der Waals surface area contributed by atoms with Gasteiger partial charge in [0.25, 0.3) is 0 Å². The summed E-state index contributed by atoms with van der Waals surface area (Å²) in [5.41, 5.74) is 1.52. The van der Waals surface area contributed by atoms with Crippen molar-refractivity contribution in [1.82, 2.24) is 4.90 Å². The molecule has 0 spiro atoms. The predicted molar refractivity (Wildman–Crippen MR) is 98.7 cm³/mol. The Morgan fingerprint density at radius 3 is 2.84 bits per heavy atom. The summed E-state index contributed by atoms with van der Waals surface area (Å²) in [6.07, 6.45) is 1.18. The van der Waals surface area contributed by atoms with Gasteiger partial charge in [-0.3, -0.25) is 4.90 Å². The maximum atomic E-state index is 13.4. The summed E-state index contributed by atoms with van der Waals surface area (Å²) in [6.45, 7) is 6.09. The molecular weight excluding hydrogens is 342 g/mol. The van der Waals surface area contributed by atoms with E-state index in [1.54, 1.807) is 11.3 Å². The molecule has 0 atom stereocenters. The molecular formula is C18H20F2N4S. The number of nitrogens with one attached hydrogen (secondary N) is 1. The summed E-state index contributed by atoms with van der Waals surface area (Å²) in [6, 6.07) is 6.33. The molecule has 2 aliphatic heterocycles. The van der Waals surface area contributed by atoms with Crippen molar-refractivity contribution in [3.05, 3.63) is 46.8 Å². The summed E-state index contributed by atoms with van der Waals surface area (Å²) >= 11 is 1.70. The third kappa shape index (κ3) is 3.14. The van der Waals surface area contributed by atoms with Crippen LogP contribution >= 0.6 is 11.3 Å². The molecule has 1 saturated heterocycles. The van der Waals surface area contributed by atoms with Gasteiger partial charge in [0.05, 0.1) is 11.6 Å². The fraction of sp³-hybridized carbons (Fsp3) is 0.389. The molecule has 1 aromatic carbocycles.